The Morgan fingerprint density at radius 3 is 1.21 bits per heavy atom. The first-order valence-corrected chi connectivity index (χ1v) is 5.69. The van der Waals surface area contributed by atoms with Crippen LogP contribution in [-0.2, 0) is 14.3 Å². The van der Waals surface area contributed by atoms with Crippen molar-refractivity contribution >= 4 is 17.6 Å². The molecule has 0 amide bonds. The van der Waals surface area contributed by atoms with Crippen LogP contribution in [0.15, 0.2) is 0 Å². The largest absolute Gasteiger partial charge is 1.00 e. The third kappa shape index (κ3) is 5.44. The van der Waals surface area contributed by atoms with Gasteiger partial charge < -0.3 is 9.90 Å². The van der Waals surface area contributed by atoms with Crippen molar-refractivity contribution in [3.8, 4) is 0 Å². The van der Waals surface area contributed by atoms with E-state index in [9.17, 15) is 71.4 Å². The Morgan fingerprint density at radius 2 is 0.929 bits per heavy atom. The van der Waals surface area contributed by atoms with Crippen LogP contribution in [0.1, 0.15) is 0 Å². The summed E-state index contributed by atoms with van der Waals surface area (Å²) in [4.78, 5) is 9.65. The minimum atomic E-state index is -7.75. The van der Waals surface area contributed by atoms with E-state index in [2.05, 4.69) is 11.6 Å². The van der Waals surface area contributed by atoms with Gasteiger partial charge >= 0.3 is 71.2 Å². The van der Waals surface area contributed by atoms with Gasteiger partial charge in [0.1, 0.15) is 5.97 Å². The van der Waals surface area contributed by atoms with Crippen LogP contribution >= 0.6 is 11.6 Å². The molecule has 4 nitrogen and oxygen atoms in total. The summed E-state index contributed by atoms with van der Waals surface area (Å²) >= 11 is 3.44. The van der Waals surface area contributed by atoms with E-state index >= 15 is 0 Å². The number of halogens is 15. The zero-order valence-electron chi connectivity index (χ0n) is 12.3. The first-order valence-electron chi connectivity index (χ1n) is 5.31. The van der Waals surface area contributed by atoms with E-state index in [4.69, 9.17) is 0 Å². The number of carbonyl (C=O) groups is 1. The van der Waals surface area contributed by atoms with Gasteiger partial charge in [-0.3, -0.25) is 0 Å². The van der Waals surface area contributed by atoms with E-state index < -0.39 is 47.6 Å². The van der Waals surface area contributed by atoms with E-state index in [1.807, 2.05) is 0 Å². The second kappa shape index (κ2) is 8.09. The summed E-state index contributed by atoms with van der Waals surface area (Å²) in [6.07, 6.45) is -28.9. The molecular formula is C8ClF14NaO4. The summed E-state index contributed by atoms with van der Waals surface area (Å²) in [7, 11) is 0. The molecule has 0 unspecified atom stereocenters. The van der Waals surface area contributed by atoms with Crippen molar-refractivity contribution in [1.82, 2.24) is 0 Å². The van der Waals surface area contributed by atoms with Crippen molar-refractivity contribution in [1.29, 1.82) is 0 Å². The number of hydrogen-bond donors (Lipinski definition) is 0. The van der Waals surface area contributed by atoms with Crippen LogP contribution in [0.4, 0.5) is 61.5 Å². The molecule has 20 heteroatoms. The van der Waals surface area contributed by atoms with Crippen molar-refractivity contribution < 1.29 is 110 Å². The molecule has 0 heterocycles. The van der Waals surface area contributed by atoms with E-state index in [0.29, 0.717) is 0 Å². The van der Waals surface area contributed by atoms with Crippen LogP contribution in [0.3, 0.4) is 0 Å². The van der Waals surface area contributed by atoms with E-state index in [0.717, 1.165) is 0 Å². The quantitative estimate of drug-likeness (QED) is 0.268. The Balaban J connectivity index is 0. The summed E-state index contributed by atoms with van der Waals surface area (Å²) in [6, 6.07) is 0. The fourth-order valence-electron chi connectivity index (χ4n) is 0.890. The summed E-state index contributed by atoms with van der Waals surface area (Å²) in [5.41, 5.74) is 0. The third-order valence-electron chi connectivity index (χ3n) is 2.20. The molecule has 0 rings (SSSR count). The molecule has 0 aliphatic heterocycles. The predicted octanol–water partition coefficient (Wildman–Crippen LogP) is 0.247. The Bertz CT molecular complexity index is 576. The SMILES string of the molecule is O=C([O-])C(F)(F)OC(F)(F)C(F)(F)C(F)(F)OC(F)(F)C(F)(F)C(F)(F)Cl.[Na+]. The Kier molecular flexibility index (Phi) is 8.63. The number of rotatable bonds is 9. The molecule has 0 fully saturated rings. The predicted molar refractivity (Wildman–Crippen MR) is 47.7 cm³/mol. The Morgan fingerprint density at radius 1 is 0.643 bits per heavy atom. The number of hydrogen-bond acceptors (Lipinski definition) is 4. The molecule has 0 N–H and O–H groups in total. The number of alkyl halides is 15. The first kappa shape index (κ1) is 29.9. The molecule has 0 aliphatic carbocycles. The topological polar surface area (TPSA) is 58.6 Å². The van der Waals surface area contributed by atoms with E-state index in [1.165, 1.54) is 4.74 Å². The maximum atomic E-state index is 12.9. The van der Waals surface area contributed by atoms with Gasteiger partial charge in [-0.05, 0) is 11.6 Å². The van der Waals surface area contributed by atoms with Crippen LogP contribution in [0.2, 0.25) is 0 Å². The number of aliphatic carboxylic acids is 1. The minimum Gasteiger partial charge on any atom is -0.542 e. The van der Waals surface area contributed by atoms with Gasteiger partial charge in [0.2, 0.25) is 0 Å². The van der Waals surface area contributed by atoms with Crippen molar-refractivity contribution in [3.05, 3.63) is 0 Å². The van der Waals surface area contributed by atoms with Crippen LogP contribution < -0.4 is 34.7 Å². The molecule has 0 saturated carbocycles. The summed E-state index contributed by atoms with van der Waals surface area (Å²) in [5, 5.41) is 3.19. The van der Waals surface area contributed by atoms with Crippen molar-refractivity contribution in [2.75, 3.05) is 0 Å². The van der Waals surface area contributed by atoms with E-state index in [-0.39, 0.29) is 29.6 Å². The molecule has 0 bridgehead atoms. The monoisotopic (exact) mass is 484 g/mol. The van der Waals surface area contributed by atoms with Gasteiger partial charge in [-0.1, -0.05) is 0 Å². The smallest absolute Gasteiger partial charge is 0.542 e. The van der Waals surface area contributed by atoms with Gasteiger partial charge in [-0.2, -0.15) is 61.5 Å². The number of carboxylic acid groups (broad SMARTS) is 1. The van der Waals surface area contributed by atoms with Crippen molar-refractivity contribution in [2.24, 2.45) is 0 Å². The fourth-order valence-corrected chi connectivity index (χ4v) is 1.00. The standard InChI is InChI=1S/C8HClF14O4.Na/c9-5(16,17)3(12,13)6(18,19)27-8(22,23)4(14,15)7(20,21)26-2(10,11)1(24)25;/h(H,24,25);/q;+1/p-1. The molecule has 0 aromatic carbocycles. The average Bonchev–Trinajstić information content (AvgIpc) is 2.33. The van der Waals surface area contributed by atoms with Crippen molar-refractivity contribution in [2.45, 2.75) is 41.7 Å². The number of carboxylic acids is 1. The Labute approximate surface area is 170 Å². The number of carbonyl (C=O) groups excluding carboxylic acids is 1. The van der Waals surface area contributed by atoms with Gasteiger partial charge in [0.25, 0.3) is 0 Å². The van der Waals surface area contributed by atoms with Gasteiger partial charge in [0.05, 0.1) is 0 Å². The molecule has 0 atom stereocenters. The average molecular weight is 484 g/mol. The maximum absolute atomic E-state index is 12.9. The van der Waals surface area contributed by atoms with Gasteiger partial charge in [-0.25, -0.2) is 9.47 Å². The van der Waals surface area contributed by atoms with Crippen molar-refractivity contribution in [3.63, 3.8) is 0 Å². The zero-order valence-corrected chi connectivity index (χ0v) is 15.1. The first-order chi connectivity index (χ1) is 11.4. The second-order valence-electron chi connectivity index (χ2n) is 4.21. The fraction of sp³-hybridized carbons (Fsp3) is 0.875. The molecule has 0 aliphatic rings. The zero-order chi connectivity index (χ0) is 22.5. The summed E-state index contributed by atoms with van der Waals surface area (Å²) in [5.74, 6) is -19.0. The molecule has 162 valence electrons. The summed E-state index contributed by atoms with van der Waals surface area (Å²) < 4.78 is 179. The molecule has 28 heavy (non-hydrogen) atoms. The molecule has 0 aromatic heterocycles. The molecule has 0 spiro atoms. The van der Waals surface area contributed by atoms with Gasteiger partial charge in [-0.15, -0.1) is 0 Å². The van der Waals surface area contributed by atoms with Gasteiger partial charge in [0.15, 0.2) is 0 Å². The second-order valence-corrected chi connectivity index (χ2v) is 4.68. The van der Waals surface area contributed by atoms with Crippen LogP contribution in [0.25, 0.3) is 0 Å². The summed E-state index contributed by atoms with van der Waals surface area (Å²) in [6.45, 7) is 0. The maximum Gasteiger partial charge on any atom is 1.00 e. The number of ether oxygens (including phenoxy) is 2. The molecule has 0 aromatic rings. The molecular weight excluding hydrogens is 484 g/mol. The van der Waals surface area contributed by atoms with Crippen LogP contribution in [0.5, 0.6) is 0 Å². The van der Waals surface area contributed by atoms with Crippen LogP contribution in [0, 0.1) is 0 Å². The minimum absolute atomic E-state index is 0. The third-order valence-corrected chi connectivity index (χ3v) is 2.44. The van der Waals surface area contributed by atoms with E-state index in [1.54, 1.807) is 4.74 Å². The molecule has 0 saturated heterocycles. The Hall–Kier alpha value is -0.300. The van der Waals surface area contributed by atoms with Crippen LogP contribution in [-0.4, -0.2) is 47.6 Å². The normalized spacial score (nSPS) is 15.2. The van der Waals surface area contributed by atoms with Gasteiger partial charge in [0, 0.05) is 0 Å². The molecule has 0 radical (unpaired) electrons.